The summed E-state index contributed by atoms with van der Waals surface area (Å²) in [6.45, 7) is 7.22. The van der Waals surface area contributed by atoms with Crippen LogP contribution < -0.4 is 10.1 Å². The number of benzene rings is 1. The largest absolute Gasteiger partial charge is 0.493 e. The molecule has 0 heterocycles. The van der Waals surface area contributed by atoms with E-state index in [0.717, 1.165) is 31.4 Å². The lowest BCUT2D eigenvalue weighted by atomic mass is 9.90. The van der Waals surface area contributed by atoms with Crippen LogP contribution in [0.1, 0.15) is 56.6 Å². The molecule has 1 aromatic carbocycles. The molecule has 112 valence electrons. The Hall–Kier alpha value is -1.02. The second kappa shape index (κ2) is 8.31. The van der Waals surface area contributed by atoms with E-state index in [1.165, 1.54) is 49.7 Å². The van der Waals surface area contributed by atoms with Gasteiger partial charge in [-0.25, -0.2) is 0 Å². The molecule has 1 aliphatic rings. The van der Waals surface area contributed by atoms with Crippen LogP contribution in [0, 0.1) is 12.8 Å². The normalized spacial score (nSPS) is 16.3. The van der Waals surface area contributed by atoms with E-state index in [1.54, 1.807) is 0 Å². The van der Waals surface area contributed by atoms with E-state index >= 15 is 0 Å². The molecule has 0 atom stereocenters. The molecule has 0 amide bonds. The zero-order valence-electron chi connectivity index (χ0n) is 13.1. The molecule has 2 heteroatoms. The number of hydrogen-bond acceptors (Lipinski definition) is 2. The highest BCUT2D eigenvalue weighted by Gasteiger charge is 2.15. The van der Waals surface area contributed by atoms with Crippen LogP contribution in [0.15, 0.2) is 18.2 Å². The summed E-state index contributed by atoms with van der Waals surface area (Å²) in [6.07, 6.45) is 8.03. The molecule has 0 unspecified atom stereocenters. The molecular formula is C18H29NO. The molecule has 0 spiro atoms. The zero-order valence-corrected chi connectivity index (χ0v) is 13.1. The van der Waals surface area contributed by atoms with Gasteiger partial charge in [0, 0.05) is 12.1 Å². The van der Waals surface area contributed by atoms with Crippen molar-refractivity contribution in [1.82, 2.24) is 5.32 Å². The number of ether oxygens (including phenoxy) is 1. The number of rotatable bonds is 7. The Balaban J connectivity index is 1.93. The molecule has 0 saturated heterocycles. The average molecular weight is 275 g/mol. The smallest absolute Gasteiger partial charge is 0.126 e. The van der Waals surface area contributed by atoms with E-state index in [0.29, 0.717) is 0 Å². The third-order valence-corrected chi connectivity index (χ3v) is 4.22. The summed E-state index contributed by atoms with van der Waals surface area (Å²) in [5.41, 5.74) is 2.56. The molecular weight excluding hydrogens is 246 g/mol. The molecule has 1 aromatic rings. The van der Waals surface area contributed by atoms with Crippen molar-refractivity contribution in [3.05, 3.63) is 29.3 Å². The van der Waals surface area contributed by atoms with Gasteiger partial charge in [0.25, 0.3) is 0 Å². The molecule has 20 heavy (non-hydrogen) atoms. The molecule has 1 saturated carbocycles. The maximum Gasteiger partial charge on any atom is 0.126 e. The fourth-order valence-electron chi connectivity index (χ4n) is 3.01. The lowest BCUT2D eigenvalue weighted by Gasteiger charge is -2.23. The van der Waals surface area contributed by atoms with Gasteiger partial charge in [-0.3, -0.25) is 0 Å². The predicted molar refractivity (Wildman–Crippen MR) is 85.2 cm³/mol. The van der Waals surface area contributed by atoms with Crippen molar-refractivity contribution in [3.63, 3.8) is 0 Å². The summed E-state index contributed by atoms with van der Waals surface area (Å²) in [4.78, 5) is 0. The number of aryl methyl sites for hydroxylation is 1. The summed E-state index contributed by atoms with van der Waals surface area (Å²) < 4.78 is 6.20. The lowest BCUT2D eigenvalue weighted by molar-refractivity contribution is 0.206. The van der Waals surface area contributed by atoms with E-state index in [2.05, 4.69) is 37.4 Å². The Labute approximate surface area is 123 Å². The first-order valence-electron chi connectivity index (χ1n) is 8.23. The van der Waals surface area contributed by atoms with Gasteiger partial charge in [-0.1, -0.05) is 44.4 Å². The van der Waals surface area contributed by atoms with E-state index < -0.39 is 0 Å². The summed E-state index contributed by atoms with van der Waals surface area (Å²) >= 11 is 0. The third-order valence-electron chi connectivity index (χ3n) is 4.22. The van der Waals surface area contributed by atoms with Crippen molar-refractivity contribution in [2.45, 2.75) is 58.9 Å². The minimum Gasteiger partial charge on any atom is -0.493 e. The van der Waals surface area contributed by atoms with Gasteiger partial charge in [0.05, 0.1) is 6.61 Å². The molecule has 0 aromatic heterocycles. The summed E-state index contributed by atoms with van der Waals surface area (Å²) in [7, 11) is 0. The van der Waals surface area contributed by atoms with Crippen LogP contribution in [-0.4, -0.2) is 13.2 Å². The van der Waals surface area contributed by atoms with Crippen molar-refractivity contribution in [2.75, 3.05) is 13.2 Å². The van der Waals surface area contributed by atoms with Crippen molar-refractivity contribution in [2.24, 2.45) is 5.92 Å². The van der Waals surface area contributed by atoms with E-state index in [-0.39, 0.29) is 0 Å². The molecule has 2 nitrogen and oxygen atoms in total. The maximum absolute atomic E-state index is 6.20. The van der Waals surface area contributed by atoms with Gasteiger partial charge in [-0.05, 0) is 44.2 Å². The SMILES string of the molecule is CCCNCc1cccc(C)c1OCC1CCCCC1. The Kier molecular flexibility index (Phi) is 6.38. The van der Waals surface area contributed by atoms with Gasteiger partial charge in [-0.2, -0.15) is 0 Å². The van der Waals surface area contributed by atoms with Crippen LogP contribution in [0.5, 0.6) is 5.75 Å². The minimum absolute atomic E-state index is 0.764. The van der Waals surface area contributed by atoms with Crippen LogP contribution in [0.4, 0.5) is 0 Å². The van der Waals surface area contributed by atoms with Crippen LogP contribution in [0.25, 0.3) is 0 Å². The van der Waals surface area contributed by atoms with Gasteiger partial charge >= 0.3 is 0 Å². The van der Waals surface area contributed by atoms with Gasteiger partial charge in [0.2, 0.25) is 0 Å². The monoisotopic (exact) mass is 275 g/mol. The number of hydrogen-bond donors (Lipinski definition) is 1. The zero-order chi connectivity index (χ0) is 14.2. The van der Waals surface area contributed by atoms with Crippen LogP contribution in [0.3, 0.4) is 0 Å². The maximum atomic E-state index is 6.20. The quantitative estimate of drug-likeness (QED) is 0.742. The van der Waals surface area contributed by atoms with Crippen molar-refractivity contribution >= 4 is 0 Å². The van der Waals surface area contributed by atoms with Gasteiger partial charge in [0.1, 0.15) is 5.75 Å². The van der Waals surface area contributed by atoms with E-state index in [4.69, 9.17) is 4.74 Å². The van der Waals surface area contributed by atoms with Crippen molar-refractivity contribution in [3.8, 4) is 5.75 Å². The molecule has 1 fully saturated rings. The first kappa shape index (κ1) is 15.4. The van der Waals surface area contributed by atoms with Crippen LogP contribution >= 0.6 is 0 Å². The standard InChI is InChI=1S/C18H29NO/c1-3-12-19-13-17-11-7-8-15(2)18(17)20-14-16-9-5-4-6-10-16/h7-8,11,16,19H,3-6,9-10,12-14H2,1-2H3. The summed E-state index contributed by atoms with van der Waals surface area (Å²) in [5, 5.41) is 3.48. The lowest BCUT2D eigenvalue weighted by Crippen LogP contribution is -2.18. The van der Waals surface area contributed by atoms with Crippen LogP contribution in [-0.2, 0) is 6.54 Å². The predicted octanol–water partition coefficient (Wildman–Crippen LogP) is 4.45. The Morgan fingerprint density at radius 2 is 2.00 bits per heavy atom. The van der Waals surface area contributed by atoms with E-state index in [9.17, 15) is 0 Å². The Bertz CT molecular complexity index is 396. The van der Waals surface area contributed by atoms with Gasteiger partial charge < -0.3 is 10.1 Å². The average Bonchev–Trinajstić information content (AvgIpc) is 2.48. The summed E-state index contributed by atoms with van der Waals surface area (Å²) in [5.74, 6) is 1.88. The molecule has 0 aliphatic heterocycles. The van der Waals surface area contributed by atoms with Crippen molar-refractivity contribution < 1.29 is 4.74 Å². The number of nitrogens with one attached hydrogen (secondary N) is 1. The fourth-order valence-corrected chi connectivity index (χ4v) is 3.01. The minimum atomic E-state index is 0.764. The Morgan fingerprint density at radius 3 is 2.75 bits per heavy atom. The molecule has 1 aliphatic carbocycles. The van der Waals surface area contributed by atoms with Crippen LogP contribution in [0.2, 0.25) is 0 Å². The molecule has 2 rings (SSSR count). The number of para-hydroxylation sites is 1. The Morgan fingerprint density at radius 1 is 1.20 bits per heavy atom. The highest BCUT2D eigenvalue weighted by molar-refractivity contribution is 5.40. The molecule has 0 bridgehead atoms. The molecule has 1 N–H and O–H groups in total. The first-order valence-corrected chi connectivity index (χ1v) is 8.23. The van der Waals surface area contributed by atoms with Gasteiger partial charge in [0.15, 0.2) is 0 Å². The topological polar surface area (TPSA) is 21.3 Å². The highest BCUT2D eigenvalue weighted by atomic mass is 16.5. The first-order chi connectivity index (χ1) is 9.81. The fraction of sp³-hybridized carbons (Fsp3) is 0.667. The molecule has 0 radical (unpaired) electrons. The summed E-state index contributed by atoms with van der Waals surface area (Å²) in [6, 6.07) is 6.47. The van der Waals surface area contributed by atoms with E-state index in [1.807, 2.05) is 0 Å². The second-order valence-electron chi connectivity index (χ2n) is 6.05. The third kappa shape index (κ3) is 4.52. The second-order valence-corrected chi connectivity index (χ2v) is 6.05. The van der Waals surface area contributed by atoms with Crippen molar-refractivity contribution in [1.29, 1.82) is 0 Å². The van der Waals surface area contributed by atoms with Gasteiger partial charge in [-0.15, -0.1) is 0 Å². The highest BCUT2D eigenvalue weighted by Crippen LogP contribution is 2.28.